The van der Waals surface area contributed by atoms with Crippen LogP contribution in [0.25, 0.3) is 0 Å². The van der Waals surface area contributed by atoms with Crippen molar-refractivity contribution in [2.24, 2.45) is 0 Å². The third kappa shape index (κ3) is 4.89. The van der Waals surface area contributed by atoms with Gasteiger partial charge in [0.15, 0.2) is 0 Å². The van der Waals surface area contributed by atoms with Gasteiger partial charge < -0.3 is 10.2 Å². The average molecular weight is 418 g/mol. The number of rotatable bonds is 5. The van der Waals surface area contributed by atoms with E-state index in [1.165, 1.54) is 11.8 Å². The minimum absolute atomic E-state index is 0.0482. The van der Waals surface area contributed by atoms with E-state index in [0.717, 1.165) is 17.7 Å². The number of aromatic nitrogens is 1. The third-order valence-corrected chi connectivity index (χ3v) is 6.14. The lowest BCUT2D eigenvalue weighted by atomic mass is 10.0. The number of amides is 2. The summed E-state index contributed by atoms with van der Waals surface area (Å²) in [4.78, 5) is 32.8. The number of hydrogen-bond acceptors (Lipinski definition) is 4. The van der Waals surface area contributed by atoms with Crippen LogP contribution in [0, 0.1) is 0 Å². The normalized spacial score (nSPS) is 14.3. The molecule has 0 atom stereocenters. The Bertz CT molecular complexity index is 1000. The van der Waals surface area contributed by atoms with Gasteiger partial charge >= 0.3 is 0 Å². The van der Waals surface area contributed by atoms with Crippen molar-refractivity contribution in [2.45, 2.75) is 28.8 Å². The number of likely N-dealkylation sites (tertiary alicyclic amines) is 1. The van der Waals surface area contributed by atoms with Gasteiger partial charge in [-0.05, 0) is 49.2 Å². The van der Waals surface area contributed by atoms with Gasteiger partial charge in [-0.1, -0.05) is 48.2 Å². The van der Waals surface area contributed by atoms with Crippen molar-refractivity contribution < 1.29 is 9.59 Å². The van der Waals surface area contributed by atoms with Gasteiger partial charge in [0.05, 0.1) is 5.56 Å². The molecule has 1 fully saturated rings. The Balaban J connectivity index is 1.36. The summed E-state index contributed by atoms with van der Waals surface area (Å²) >= 11 is 1.48. The van der Waals surface area contributed by atoms with Crippen LogP contribution in [-0.2, 0) is 0 Å². The second kappa shape index (κ2) is 9.59. The van der Waals surface area contributed by atoms with Crippen molar-refractivity contribution in [3.63, 3.8) is 0 Å². The van der Waals surface area contributed by atoms with Gasteiger partial charge in [0.25, 0.3) is 11.8 Å². The Morgan fingerprint density at radius 3 is 2.27 bits per heavy atom. The topological polar surface area (TPSA) is 62.3 Å². The van der Waals surface area contributed by atoms with Crippen LogP contribution in [0.5, 0.6) is 0 Å². The molecule has 1 aliphatic rings. The zero-order valence-electron chi connectivity index (χ0n) is 16.5. The highest BCUT2D eigenvalue weighted by atomic mass is 32.2. The van der Waals surface area contributed by atoms with E-state index in [2.05, 4.69) is 10.3 Å². The molecule has 6 heteroatoms. The molecule has 2 amide bonds. The van der Waals surface area contributed by atoms with Crippen LogP contribution in [0.4, 0.5) is 0 Å². The van der Waals surface area contributed by atoms with Gasteiger partial charge in [0, 0.05) is 35.8 Å². The van der Waals surface area contributed by atoms with E-state index in [0.29, 0.717) is 29.2 Å². The maximum Gasteiger partial charge on any atom is 0.254 e. The molecule has 0 radical (unpaired) electrons. The van der Waals surface area contributed by atoms with Crippen LogP contribution in [0.15, 0.2) is 88.9 Å². The van der Waals surface area contributed by atoms with E-state index in [4.69, 9.17) is 0 Å². The van der Waals surface area contributed by atoms with E-state index < -0.39 is 0 Å². The van der Waals surface area contributed by atoms with Crippen LogP contribution in [0.1, 0.15) is 33.6 Å². The average Bonchev–Trinajstić information content (AvgIpc) is 2.81. The summed E-state index contributed by atoms with van der Waals surface area (Å²) in [6, 6.07) is 22.9. The quantitative estimate of drug-likeness (QED) is 0.674. The largest absolute Gasteiger partial charge is 0.349 e. The Kier molecular flexibility index (Phi) is 6.44. The molecule has 1 aliphatic heterocycles. The Labute approximate surface area is 180 Å². The lowest BCUT2D eigenvalue weighted by Crippen LogP contribution is -2.46. The standard InChI is InChI=1S/C24H23N3O2S/c28-22(21-12-7-15-25-23(21)30-20-10-5-2-6-11-20)26-19-13-16-27(17-14-19)24(29)18-8-3-1-4-9-18/h1-12,15,19H,13-14,16-17H2,(H,26,28). The Morgan fingerprint density at radius 1 is 0.900 bits per heavy atom. The van der Waals surface area contributed by atoms with Gasteiger partial charge in [-0.2, -0.15) is 0 Å². The summed E-state index contributed by atoms with van der Waals surface area (Å²) in [5.74, 6) is -0.0662. The lowest BCUT2D eigenvalue weighted by molar-refractivity contribution is 0.0698. The number of benzene rings is 2. The van der Waals surface area contributed by atoms with Crippen molar-refractivity contribution in [3.05, 3.63) is 90.1 Å². The summed E-state index contributed by atoms with van der Waals surface area (Å²) in [5.41, 5.74) is 1.28. The Hall–Kier alpha value is -3.12. The fraction of sp³-hybridized carbons (Fsp3) is 0.208. The summed E-state index contributed by atoms with van der Waals surface area (Å²) in [5, 5.41) is 3.82. The van der Waals surface area contributed by atoms with E-state index in [-0.39, 0.29) is 17.9 Å². The molecular weight excluding hydrogens is 394 g/mol. The molecule has 0 aliphatic carbocycles. The van der Waals surface area contributed by atoms with Gasteiger partial charge in [-0.25, -0.2) is 4.98 Å². The van der Waals surface area contributed by atoms with Crippen LogP contribution in [0.2, 0.25) is 0 Å². The van der Waals surface area contributed by atoms with E-state index >= 15 is 0 Å². The first kappa shape index (κ1) is 20.2. The molecule has 1 saturated heterocycles. The first-order valence-electron chi connectivity index (χ1n) is 10.0. The second-order valence-electron chi connectivity index (χ2n) is 7.18. The van der Waals surface area contributed by atoms with Crippen LogP contribution in [-0.4, -0.2) is 40.8 Å². The molecule has 0 spiro atoms. The molecule has 1 aromatic heterocycles. The summed E-state index contributed by atoms with van der Waals surface area (Å²) in [7, 11) is 0. The molecule has 3 aromatic rings. The van der Waals surface area contributed by atoms with E-state index in [1.54, 1.807) is 12.3 Å². The first-order valence-corrected chi connectivity index (χ1v) is 10.9. The molecule has 1 N–H and O–H groups in total. The zero-order valence-corrected chi connectivity index (χ0v) is 17.3. The molecule has 0 saturated carbocycles. The number of hydrogen-bond donors (Lipinski definition) is 1. The minimum atomic E-state index is -0.116. The molecule has 152 valence electrons. The van der Waals surface area contributed by atoms with Gasteiger partial charge in [0.2, 0.25) is 0 Å². The summed E-state index contributed by atoms with van der Waals surface area (Å²) in [6.45, 7) is 1.27. The zero-order chi connectivity index (χ0) is 20.8. The molecule has 2 aromatic carbocycles. The molecular formula is C24H23N3O2S. The molecule has 4 rings (SSSR count). The van der Waals surface area contributed by atoms with Gasteiger partial charge in [0.1, 0.15) is 5.03 Å². The maximum atomic E-state index is 12.9. The minimum Gasteiger partial charge on any atom is -0.349 e. The highest BCUT2D eigenvalue weighted by Crippen LogP contribution is 2.28. The number of piperidine rings is 1. The number of pyridine rings is 1. The van der Waals surface area contributed by atoms with E-state index in [1.807, 2.05) is 71.6 Å². The Morgan fingerprint density at radius 2 is 1.57 bits per heavy atom. The summed E-state index contributed by atoms with van der Waals surface area (Å²) in [6.07, 6.45) is 3.19. The van der Waals surface area contributed by atoms with Crippen molar-refractivity contribution in [2.75, 3.05) is 13.1 Å². The van der Waals surface area contributed by atoms with E-state index in [9.17, 15) is 9.59 Å². The van der Waals surface area contributed by atoms with Crippen molar-refractivity contribution in [3.8, 4) is 0 Å². The first-order chi connectivity index (χ1) is 14.7. The van der Waals surface area contributed by atoms with Crippen molar-refractivity contribution in [1.29, 1.82) is 0 Å². The number of nitrogens with zero attached hydrogens (tertiary/aromatic N) is 2. The predicted octanol–water partition coefficient (Wildman–Crippen LogP) is 4.27. The van der Waals surface area contributed by atoms with Crippen LogP contribution in [0.3, 0.4) is 0 Å². The number of carbonyl (C=O) groups is 2. The maximum absolute atomic E-state index is 12.9. The second-order valence-corrected chi connectivity index (χ2v) is 8.24. The highest BCUT2D eigenvalue weighted by Gasteiger charge is 2.25. The molecule has 2 heterocycles. The van der Waals surface area contributed by atoms with Crippen molar-refractivity contribution in [1.82, 2.24) is 15.2 Å². The molecule has 0 unspecified atom stereocenters. The lowest BCUT2D eigenvalue weighted by Gasteiger charge is -2.32. The molecule has 30 heavy (non-hydrogen) atoms. The molecule has 5 nitrogen and oxygen atoms in total. The third-order valence-electron chi connectivity index (χ3n) is 5.11. The highest BCUT2D eigenvalue weighted by molar-refractivity contribution is 7.99. The predicted molar refractivity (Wildman–Crippen MR) is 118 cm³/mol. The molecule has 0 bridgehead atoms. The summed E-state index contributed by atoms with van der Waals surface area (Å²) < 4.78 is 0. The fourth-order valence-electron chi connectivity index (χ4n) is 3.50. The SMILES string of the molecule is O=C(NC1CCN(C(=O)c2ccccc2)CC1)c1cccnc1Sc1ccccc1. The van der Waals surface area contributed by atoms with Crippen molar-refractivity contribution >= 4 is 23.6 Å². The van der Waals surface area contributed by atoms with Gasteiger partial charge in [-0.3, -0.25) is 9.59 Å². The van der Waals surface area contributed by atoms with Crippen LogP contribution < -0.4 is 5.32 Å². The van der Waals surface area contributed by atoms with Crippen LogP contribution >= 0.6 is 11.8 Å². The number of carbonyl (C=O) groups excluding carboxylic acids is 2. The fourth-order valence-corrected chi connectivity index (χ4v) is 4.40. The monoisotopic (exact) mass is 417 g/mol. The smallest absolute Gasteiger partial charge is 0.254 e. The number of nitrogens with one attached hydrogen (secondary N) is 1. The van der Waals surface area contributed by atoms with Gasteiger partial charge in [-0.15, -0.1) is 0 Å².